The van der Waals surface area contributed by atoms with Crippen molar-refractivity contribution in [2.24, 2.45) is 5.92 Å². The second-order valence-corrected chi connectivity index (χ2v) is 3.75. The van der Waals surface area contributed by atoms with Crippen LogP contribution in [0.2, 0.25) is 0 Å². The molecule has 1 heteroatoms. The quantitative estimate of drug-likeness (QED) is 0.587. The average Bonchev–Trinajstić information content (AvgIpc) is 2.06. The third kappa shape index (κ3) is 3.22. The van der Waals surface area contributed by atoms with Crippen molar-refractivity contribution in [3.63, 3.8) is 0 Å². The van der Waals surface area contributed by atoms with E-state index in [1.165, 1.54) is 32.1 Å². The molecule has 1 rings (SSSR count). The first-order valence-corrected chi connectivity index (χ1v) is 4.97. The molecule has 0 radical (unpaired) electrons. The third-order valence-corrected chi connectivity index (χ3v) is 2.76. The molecule has 0 aromatic carbocycles. The molecule has 0 amide bonds. The van der Waals surface area contributed by atoms with E-state index in [9.17, 15) is 4.39 Å². The van der Waals surface area contributed by atoms with Crippen molar-refractivity contribution in [3.05, 3.63) is 0 Å². The van der Waals surface area contributed by atoms with E-state index in [0.717, 1.165) is 6.42 Å². The zero-order chi connectivity index (χ0) is 8.10. The van der Waals surface area contributed by atoms with Crippen LogP contribution in [0.15, 0.2) is 0 Å². The Morgan fingerprint density at radius 1 is 1.27 bits per heavy atom. The molecule has 0 bridgehead atoms. The van der Waals surface area contributed by atoms with E-state index in [4.69, 9.17) is 0 Å². The van der Waals surface area contributed by atoms with Crippen LogP contribution in [-0.4, -0.2) is 6.17 Å². The molecule has 0 aliphatic heterocycles. The summed E-state index contributed by atoms with van der Waals surface area (Å²) in [6, 6.07) is 0. The largest absolute Gasteiger partial charge is 0.247 e. The lowest BCUT2D eigenvalue weighted by Gasteiger charge is -2.22. The molecule has 0 nitrogen and oxygen atoms in total. The Morgan fingerprint density at radius 3 is 2.45 bits per heavy atom. The van der Waals surface area contributed by atoms with Gasteiger partial charge in [0.05, 0.1) is 0 Å². The van der Waals surface area contributed by atoms with Gasteiger partial charge in [-0.2, -0.15) is 0 Å². The van der Waals surface area contributed by atoms with Gasteiger partial charge < -0.3 is 0 Å². The number of alkyl halides is 1. The minimum absolute atomic E-state index is 0.530. The maximum atomic E-state index is 12.9. The van der Waals surface area contributed by atoms with Crippen LogP contribution >= 0.6 is 0 Å². The smallest absolute Gasteiger partial charge is 0.100 e. The van der Waals surface area contributed by atoms with Crippen molar-refractivity contribution in [1.29, 1.82) is 0 Å². The number of hydrogen-bond donors (Lipinski definition) is 0. The van der Waals surface area contributed by atoms with Crippen molar-refractivity contribution < 1.29 is 4.39 Å². The molecular formula is C10H19F. The molecule has 1 fully saturated rings. The van der Waals surface area contributed by atoms with Crippen molar-refractivity contribution in [3.8, 4) is 0 Å². The van der Waals surface area contributed by atoms with Gasteiger partial charge in [0, 0.05) is 0 Å². The molecule has 1 aliphatic carbocycles. The van der Waals surface area contributed by atoms with Crippen molar-refractivity contribution in [2.75, 3.05) is 0 Å². The number of hydrogen-bond acceptors (Lipinski definition) is 0. The predicted octanol–water partition coefficient (Wildman–Crippen LogP) is 3.70. The Labute approximate surface area is 69.2 Å². The molecule has 0 spiro atoms. The summed E-state index contributed by atoms with van der Waals surface area (Å²) in [6.45, 7) is 1.94. The van der Waals surface area contributed by atoms with E-state index >= 15 is 0 Å². The minimum atomic E-state index is -0.530. The van der Waals surface area contributed by atoms with Crippen LogP contribution in [-0.2, 0) is 0 Å². The molecule has 1 aliphatic rings. The normalized spacial score (nSPS) is 23.5. The van der Waals surface area contributed by atoms with E-state index in [2.05, 4.69) is 0 Å². The Balaban J connectivity index is 2.13. The molecule has 1 atom stereocenters. The highest BCUT2D eigenvalue weighted by atomic mass is 19.1. The van der Waals surface area contributed by atoms with E-state index in [-0.39, 0.29) is 0 Å². The second-order valence-electron chi connectivity index (χ2n) is 3.75. The first kappa shape index (κ1) is 9.02. The summed E-state index contributed by atoms with van der Waals surface area (Å²) < 4.78 is 12.9. The van der Waals surface area contributed by atoms with Gasteiger partial charge in [0.15, 0.2) is 0 Å². The maximum absolute atomic E-state index is 12.9. The lowest BCUT2D eigenvalue weighted by Crippen LogP contribution is -2.12. The fourth-order valence-corrected chi connectivity index (χ4v) is 1.95. The van der Waals surface area contributed by atoms with Gasteiger partial charge in [-0.3, -0.25) is 0 Å². The first-order valence-electron chi connectivity index (χ1n) is 4.97. The molecule has 1 unspecified atom stereocenters. The van der Waals surface area contributed by atoms with Gasteiger partial charge in [0.2, 0.25) is 0 Å². The molecule has 1 saturated carbocycles. The van der Waals surface area contributed by atoms with Gasteiger partial charge in [0.25, 0.3) is 0 Å². The molecule has 0 heterocycles. The second kappa shape index (κ2) is 4.74. The van der Waals surface area contributed by atoms with Gasteiger partial charge in [-0.1, -0.05) is 39.0 Å². The number of rotatable bonds is 3. The molecule has 0 N–H and O–H groups in total. The summed E-state index contributed by atoms with van der Waals surface area (Å²) in [6.07, 6.45) is 7.61. The standard InChI is InChI=1S/C10H19F/c1-2-10(11)8-9-6-4-3-5-7-9/h9-10H,2-8H2,1H3. The van der Waals surface area contributed by atoms with Gasteiger partial charge in [-0.25, -0.2) is 4.39 Å². The maximum Gasteiger partial charge on any atom is 0.100 e. The summed E-state index contributed by atoms with van der Waals surface area (Å²) >= 11 is 0. The van der Waals surface area contributed by atoms with Gasteiger partial charge in [-0.15, -0.1) is 0 Å². The monoisotopic (exact) mass is 158 g/mol. The highest BCUT2D eigenvalue weighted by Gasteiger charge is 2.16. The summed E-state index contributed by atoms with van der Waals surface area (Å²) in [5, 5.41) is 0. The first-order chi connectivity index (χ1) is 5.33. The predicted molar refractivity (Wildman–Crippen MR) is 46.4 cm³/mol. The molecule has 0 aromatic heterocycles. The van der Waals surface area contributed by atoms with Crippen LogP contribution in [0.5, 0.6) is 0 Å². The third-order valence-electron chi connectivity index (χ3n) is 2.76. The number of halogens is 1. The zero-order valence-corrected chi connectivity index (χ0v) is 7.48. The van der Waals surface area contributed by atoms with E-state index in [1.807, 2.05) is 6.92 Å². The summed E-state index contributed by atoms with van der Waals surface area (Å²) in [7, 11) is 0. The van der Waals surface area contributed by atoms with Crippen molar-refractivity contribution in [2.45, 2.75) is 58.0 Å². The topological polar surface area (TPSA) is 0 Å². The van der Waals surface area contributed by atoms with Crippen LogP contribution < -0.4 is 0 Å². The Kier molecular flexibility index (Phi) is 3.88. The van der Waals surface area contributed by atoms with Crippen LogP contribution in [0.4, 0.5) is 4.39 Å². The van der Waals surface area contributed by atoms with Gasteiger partial charge in [-0.05, 0) is 18.8 Å². The fourth-order valence-electron chi connectivity index (χ4n) is 1.95. The molecule has 11 heavy (non-hydrogen) atoms. The van der Waals surface area contributed by atoms with Crippen LogP contribution in [0.1, 0.15) is 51.9 Å². The lowest BCUT2D eigenvalue weighted by molar-refractivity contribution is 0.226. The van der Waals surface area contributed by atoms with Crippen LogP contribution in [0, 0.1) is 5.92 Å². The van der Waals surface area contributed by atoms with Crippen molar-refractivity contribution in [1.82, 2.24) is 0 Å². The van der Waals surface area contributed by atoms with E-state index in [1.54, 1.807) is 0 Å². The van der Waals surface area contributed by atoms with Crippen LogP contribution in [0.3, 0.4) is 0 Å². The van der Waals surface area contributed by atoms with Crippen molar-refractivity contribution >= 4 is 0 Å². The SMILES string of the molecule is CCC(F)CC1CCCCC1. The molecular weight excluding hydrogens is 139 g/mol. The minimum Gasteiger partial charge on any atom is -0.247 e. The van der Waals surface area contributed by atoms with E-state index < -0.39 is 6.17 Å². The summed E-state index contributed by atoms with van der Waals surface area (Å²) in [4.78, 5) is 0. The Hall–Kier alpha value is -0.0700. The van der Waals surface area contributed by atoms with E-state index in [0.29, 0.717) is 12.3 Å². The Morgan fingerprint density at radius 2 is 1.91 bits per heavy atom. The summed E-state index contributed by atoms with van der Waals surface area (Å²) in [5.41, 5.74) is 0. The average molecular weight is 158 g/mol. The molecule has 0 saturated heterocycles. The molecule has 66 valence electrons. The lowest BCUT2D eigenvalue weighted by atomic mass is 9.85. The van der Waals surface area contributed by atoms with Gasteiger partial charge in [0.1, 0.15) is 6.17 Å². The Bertz CT molecular complexity index is 95.0. The van der Waals surface area contributed by atoms with Gasteiger partial charge >= 0.3 is 0 Å². The fraction of sp³-hybridized carbons (Fsp3) is 1.00. The molecule has 0 aromatic rings. The summed E-state index contributed by atoms with van der Waals surface area (Å²) in [5.74, 6) is 0.707. The zero-order valence-electron chi connectivity index (χ0n) is 7.48. The highest BCUT2D eigenvalue weighted by molar-refractivity contribution is 4.69. The highest BCUT2D eigenvalue weighted by Crippen LogP contribution is 2.28. The van der Waals surface area contributed by atoms with Crippen LogP contribution in [0.25, 0.3) is 0 Å².